The number of methoxy groups -OCH3 is 1. The number of anilines is 1. The highest BCUT2D eigenvalue weighted by molar-refractivity contribution is 8.00. The van der Waals surface area contributed by atoms with E-state index in [1.54, 1.807) is 42.5 Å². The summed E-state index contributed by atoms with van der Waals surface area (Å²) in [6, 6.07) is 23.0. The van der Waals surface area contributed by atoms with Crippen LogP contribution in [0.25, 0.3) is 5.76 Å². The van der Waals surface area contributed by atoms with Gasteiger partial charge in [-0.1, -0.05) is 104 Å². The van der Waals surface area contributed by atoms with Gasteiger partial charge in [-0.3, -0.25) is 14.5 Å². The zero-order valence-corrected chi connectivity index (χ0v) is 25.2. The third kappa shape index (κ3) is 6.34. The quantitative estimate of drug-likeness (QED) is 0.0652. The van der Waals surface area contributed by atoms with E-state index in [2.05, 4.69) is 24.0 Å². The molecule has 1 amide bonds. The van der Waals surface area contributed by atoms with Crippen LogP contribution < -0.4 is 14.4 Å². The van der Waals surface area contributed by atoms with Gasteiger partial charge >= 0.3 is 5.91 Å². The summed E-state index contributed by atoms with van der Waals surface area (Å²) in [5.74, 6) is 0.323. The van der Waals surface area contributed by atoms with Crippen LogP contribution in [0.1, 0.15) is 43.0 Å². The predicted octanol–water partition coefficient (Wildman–Crippen LogP) is 6.89. The van der Waals surface area contributed by atoms with Gasteiger partial charge in [-0.2, -0.15) is 0 Å². The average molecular weight is 602 g/mol. The van der Waals surface area contributed by atoms with Crippen LogP contribution in [0.15, 0.2) is 88.8 Å². The Morgan fingerprint density at radius 1 is 1.00 bits per heavy atom. The summed E-state index contributed by atoms with van der Waals surface area (Å²) in [6.45, 7) is 4.77. The minimum atomic E-state index is -0.955. The van der Waals surface area contributed by atoms with Crippen molar-refractivity contribution in [3.8, 4) is 11.5 Å². The molecule has 1 aliphatic rings. The SMILES string of the molecule is COc1cc(C2/C(=C(/O)c3ccccc3)C(=O)C(=O)N2c2nnc(SCc3ccccc3)s2)ccc1OCCC(C)C. The third-order valence-corrected chi connectivity index (χ3v) is 8.88. The van der Waals surface area contributed by atoms with Crippen LogP contribution in [0.5, 0.6) is 11.5 Å². The molecule has 3 aromatic carbocycles. The largest absolute Gasteiger partial charge is 0.507 e. The van der Waals surface area contributed by atoms with E-state index in [1.165, 1.54) is 35.1 Å². The number of aliphatic hydroxyl groups is 1. The number of carbonyl (C=O) groups excluding carboxylic acids is 2. The van der Waals surface area contributed by atoms with Gasteiger partial charge in [0.2, 0.25) is 5.13 Å². The molecule has 216 valence electrons. The Morgan fingerprint density at radius 2 is 1.71 bits per heavy atom. The molecule has 1 fully saturated rings. The van der Waals surface area contributed by atoms with E-state index in [0.717, 1.165) is 12.0 Å². The molecule has 0 saturated carbocycles. The molecule has 5 rings (SSSR count). The minimum Gasteiger partial charge on any atom is -0.507 e. The number of rotatable bonds is 11. The highest BCUT2D eigenvalue weighted by atomic mass is 32.2. The summed E-state index contributed by atoms with van der Waals surface area (Å²) in [4.78, 5) is 28.4. The number of Topliss-reactive ketones (excluding diaryl/α,β-unsaturated/α-hetero) is 1. The second-order valence-electron chi connectivity index (χ2n) is 10.1. The Hall–Kier alpha value is -4.15. The summed E-state index contributed by atoms with van der Waals surface area (Å²) in [7, 11) is 1.54. The van der Waals surface area contributed by atoms with Crippen molar-refractivity contribution in [3.63, 3.8) is 0 Å². The fourth-order valence-electron chi connectivity index (χ4n) is 4.55. The van der Waals surface area contributed by atoms with Crippen LogP contribution in [0.3, 0.4) is 0 Å². The Balaban J connectivity index is 1.54. The van der Waals surface area contributed by atoms with Gasteiger partial charge in [0.05, 0.1) is 25.3 Å². The number of amides is 1. The van der Waals surface area contributed by atoms with Crippen molar-refractivity contribution >= 4 is 45.7 Å². The molecular formula is C32H31N3O5S2. The van der Waals surface area contributed by atoms with Crippen molar-refractivity contribution in [3.05, 3.63) is 101 Å². The fourth-order valence-corrected chi connectivity index (χ4v) is 6.38. The number of ether oxygens (including phenoxy) is 2. The molecule has 0 spiro atoms. The Kier molecular flexibility index (Phi) is 9.24. The zero-order chi connectivity index (χ0) is 29.6. The van der Waals surface area contributed by atoms with Crippen molar-refractivity contribution in [1.82, 2.24) is 10.2 Å². The molecule has 0 bridgehead atoms. The smallest absolute Gasteiger partial charge is 0.301 e. The van der Waals surface area contributed by atoms with Crippen LogP contribution >= 0.6 is 23.1 Å². The van der Waals surface area contributed by atoms with Crippen LogP contribution in [0.4, 0.5) is 5.13 Å². The van der Waals surface area contributed by atoms with Gasteiger partial charge in [0.1, 0.15) is 5.76 Å². The molecule has 1 atom stereocenters. The lowest BCUT2D eigenvalue weighted by atomic mass is 9.95. The molecule has 8 nitrogen and oxygen atoms in total. The van der Waals surface area contributed by atoms with E-state index in [-0.39, 0.29) is 16.5 Å². The van der Waals surface area contributed by atoms with E-state index >= 15 is 0 Å². The highest BCUT2D eigenvalue weighted by Crippen LogP contribution is 2.45. The van der Waals surface area contributed by atoms with E-state index in [1.807, 2.05) is 36.4 Å². The molecule has 1 aromatic heterocycles. The number of carbonyl (C=O) groups is 2. The van der Waals surface area contributed by atoms with Crippen molar-refractivity contribution in [2.24, 2.45) is 5.92 Å². The lowest BCUT2D eigenvalue weighted by Gasteiger charge is -2.23. The van der Waals surface area contributed by atoms with Crippen molar-refractivity contribution in [1.29, 1.82) is 0 Å². The predicted molar refractivity (Wildman–Crippen MR) is 165 cm³/mol. The first kappa shape index (κ1) is 29.3. The first-order valence-electron chi connectivity index (χ1n) is 13.5. The van der Waals surface area contributed by atoms with Crippen LogP contribution in [0.2, 0.25) is 0 Å². The molecule has 10 heteroatoms. The van der Waals surface area contributed by atoms with Gasteiger partial charge < -0.3 is 14.6 Å². The Labute approximate surface area is 253 Å². The Morgan fingerprint density at radius 3 is 2.40 bits per heavy atom. The molecule has 1 saturated heterocycles. The van der Waals surface area contributed by atoms with Crippen molar-refractivity contribution in [2.75, 3.05) is 18.6 Å². The number of benzene rings is 3. The van der Waals surface area contributed by atoms with Gasteiger partial charge in [-0.25, -0.2) is 0 Å². The van der Waals surface area contributed by atoms with E-state index in [4.69, 9.17) is 9.47 Å². The Bertz CT molecular complexity index is 1590. The number of hydrogen-bond donors (Lipinski definition) is 1. The van der Waals surface area contributed by atoms with E-state index in [9.17, 15) is 14.7 Å². The van der Waals surface area contributed by atoms with Gasteiger partial charge in [0.25, 0.3) is 5.78 Å². The standard InChI is InChI=1S/C32H31N3O5S2/c1-20(2)16-17-40-24-15-14-23(18-25(24)39-3)27-26(28(36)22-12-8-5-9-13-22)29(37)30(38)35(27)31-33-34-32(42-31)41-19-21-10-6-4-7-11-21/h4-15,18,20,27,36H,16-17,19H2,1-3H3/b28-26-. The summed E-state index contributed by atoms with van der Waals surface area (Å²) in [5, 5.41) is 20.2. The fraction of sp³-hybridized carbons (Fsp3) is 0.250. The van der Waals surface area contributed by atoms with Gasteiger partial charge in [-0.05, 0) is 35.6 Å². The topological polar surface area (TPSA) is 102 Å². The molecule has 0 radical (unpaired) electrons. The second kappa shape index (κ2) is 13.2. The summed E-state index contributed by atoms with van der Waals surface area (Å²) in [6.07, 6.45) is 0.879. The first-order chi connectivity index (χ1) is 20.4. The molecule has 0 aliphatic carbocycles. The number of aliphatic hydroxyl groups excluding tert-OH is 1. The van der Waals surface area contributed by atoms with E-state index < -0.39 is 17.7 Å². The minimum absolute atomic E-state index is 0.0320. The number of thioether (sulfide) groups is 1. The van der Waals surface area contributed by atoms with Crippen molar-refractivity contribution < 1.29 is 24.2 Å². The van der Waals surface area contributed by atoms with Crippen LogP contribution in [-0.2, 0) is 15.3 Å². The lowest BCUT2D eigenvalue weighted by Crippen LogP contribution is -2.29. The highest BCUT2D eigenvalue weighted by Gasteiger charge is 2.48. The summed E-state index contributed by atoms with van der Waals surface area (Å²) >= 11 is 2.72. The molecule has 1 aliphatic heterocycles. The van der Waals surface area contributed by atoms with Crippen LogP contribution in [-0.4, -0.2) is 40.7 Å². The maximum atomic E-state index is 13.6. The molecular weight excluding hydrogens is 571 g/mol. The van der Waals surface area contributed by atoms with Gasteiger partial charge in [0, 0.05) is 11.3 Å². The maximum absolute atomic E-state index is 13.6. The number of ketones is 1. The third-order valence-electron chi connectivity index (χ3n) is 6.75. The molecule has 42 heavy (non-hydrogen) atoms. The molecule has 4 aromatic rings. The zero-order valence-electron chi connectivity index (χ0n) is 23.5. The number of hydrogen-bond acceptors (Lipinski definition) is 9. The second-order valence-corrected chi connectivity index (χ2v) is 12.3. The monoisotopic (exact) mass is 601 g/mol. The molecule has 1 unspecified atom stereocenters. The van der Waals surface area contributed by atoms with Gasteiger partial charge in [-0.15, -0.1) is 10.2 Å². The number of aromatic nitrogens is 2. The van der Waals surface area contributed by atoms with Crippen LogP contribution in [0, 0.1) is 5.92 Å². The first-order valence-corrected chi connectivity index (χ1v) is 15.3. The normalized spacial score (nSPS) is 16.3. The van der Waals surface area contributed by atoms with Crippen molar-refractivity contribution in [2.45, 2.75) is 36.4 Å². The molecule has 1 N–H and O–H groups in total. The van der Waals surface area contributed by atoms with E-state index in [0.29, 0.717) is 45.2 Å². The lowest BCUT2D eigenvalue weighted by molar-refractivity contribution is -0.132. The summed E-state index contributed by atoms with van der Waals surface area (Å²) in [5.41, 5.74) is 2.09. The van der Waals surface area contributed by atoms with Gasteiger partial charge in [0.15, 0.2) is 15.8 Å². The molecule has 2 heterocycles. The summed E-state index contributed by atoms with van der Waals surface area (Å²) < 4.78 is 12.3. The maximum Gasteiger partial charge on any atom is 0.301 e. The average Bonchev–Trinajstić information content (AvgIpc) is 3.58. The number of nitrogens with zero attached hydrogens (tertiary/aromatic N) is 3.